The fourth-order valence-corrected chi connectivity index (χ4v) is 3.64. The summed E-state index contributed by atoms with van der Waals surface area (Å²) in [6, 6.07) is 16.2. The first-order valence-electron chi connectivity index (χ1n) is 8.94. The Balaban J connectivity index is 1.71. The predicted molar refractivity (Wildman–Crippen MR) is 113 cm³/mol. The van der Waals surface area contributed by atoms with Crippen LogP contribution in [0.5, 0.6) is 5.75 Å². The molecule has 0 unspecified atom stereocenters. The Bertz CT molecular complexity index is 974. The molecule has 0 fully saturated rings. The summed E-state index contributed by atoms with van der Waals surface area (Å²) in [7, 11) is 0. The Morgan fingerprint density at radius 1 is 1.10 bits per heavy atom. The van der Waals surface area contributed by atoms with Gasteiger partial charge in [0.05, 0.1) is 18.7 Å². The van der Waals surface area contributed by atoms with Crippen LogP contribution in [0.25, 0.3) is 11.3 Å². The Hall–Kier alpha value is -2.90. The molecule has 2 aromatic carbocycles. The minimum atomic E-state index is -0.351. The molecule has 29 heavy (non-hydrogen) atoms. The number of esters is 1. The third-order valence-corrected chi connectivity index (χ3v) is 5.01. The fraction of sp³-hybridized carbons (Fsp3) is 0.190. The van der Waals surface area contributed by atoms with E-state index in [4.69, 9.17) is 21.1 Å². The number of nitrogens with zero attached hydrogens (tertiary/aromatic N) is 1. The monoisotopic (exact) mass is 430 g/mol. The summed E-state index contributed by atoms with van der Waals surface area (Å²) in [5.74, 6) is -0.148. The van der Waals surface area contributed by atoms with E-state index in [9.17, 15) is 9.59 Å². The number of carbonyl (C=O) groups excluding carboxylic acids is 2. The molecule has 0 radical (unpaired) electrons. The maximum absolute atomic E-state index is 12.2. The highest BCUT2D eigenvalue weighted by Gasteiger charge is 2.18. The van der Waals surface area contributed by atoms with Gasteiger partial charge in [0.2, 0.25) is 0 Å². The molecule has 0 bridgehead atoms. The average Bonchev–Trinajstić information content (AvgIpc) is 3.10. The van der Waals surface area contributed by atoms with E-state index in [0.29, 0.717) is 28.2 Å². The zero-order valence-corrected chi connectivity index (χ0v) is 17.3. The lowest BCUT2D eigenvalue weighted by Gasteiger charge is -2.05. The van der Waals surface area contributed by atoms with Crippen molar-refractivity contribution in [2.24, 2.45) is 0 Å². The van der Waals surface area contributed by atoms with Crippen molar-refractivity contribution in [2.75, 3.05) is 18.5 Å². The summed E-state index contributed by atoms with van der Waals surface area (Å²) in [4.78, 5) is 29.4. The van der Waals surface area contributed by atoms with Crippen LogP contribution in [-0.4, -0.2) is 30.1 Å². The number of rotatable bonds is 8. The normalized spacial score (nSPS) is 10.4. The second-order valence-corrected chi connectivity index (χ2v) is 7.45. The lowest BCUT2D eigenvalue weighted by molar-refractivity contribution is -0.142. The van der Waals surface area contributed by atoms with Gasteiger partial charge in [-0.2, -0.15) is 0 Å². The zero-order chi connectivity index (χ0) is 20.6. The molecule has 0 atom stereocenters. The molecule has 0 spiro atoms. The summed E-state index contributed by atoms with van der Waals surface area (Å²) in [5, 5.41) is 3.71. The van der Waals surface area contributed by atoms with Gasteiger partial charge < -0.3 is 9.47 Å². The molecule has 0 saturated carbocycles. The highest BCUT2D eigenvalue weighted by molar-refractivity contribution is 7.16. The molecule has 1 N–H and O–H groups in total. The smallest absolute Gasteiger partial charge is 0.311 e. The van der Waals surface area contributed by atoms with Gasteiger partial charge in [-0.25, -0.2) is 4.98 Å². The lowest BCUT2D eigenvalue weighted by atomic mass is 10.1. The lowest BCUT2D eigenvalue weighted by Crippen LogP contribution is -2.20. The number of halogens is 1. The van der Waals surface area contributed by atoms with E-state index in [1.54, 1.807) is 31.2 Å². The Labute approximate surface area is 177 Å². The van der Waals surface area contributed by atoms with Crippen molar-refractivity contribution in [2.45, 2.75) is 13.3 Å². The molecule has 0 aliphatic heterocycles. The van der Waals surface area contributed by atoms with Crippen LogP contribution in [0.1, 0.15) is 11.8 Å². The number of hydrogen-bond acceptors (Lipinski definition) is 6. The fourth-order valence-electron chi connectivity index (χ4n) is 2.52. The standard InChI is InChI=1S/C21H19ClN2O4S/c1-2-27-19(26)12-17-20(14-6-4-3-5-7-14)24-21(29-17)23-18(25)13-28-16-10-8-15(22)9-11-16/h3-11H,2,12-13H2,1H3,(H,23,24,25). The molecular weight excluding hydrogens is 412 g/mol. The van der Waals surface area contributed by atoms with Gasteiger partial charge >= 0.3 is 5.97 Å². The second-order valence-electron chi connectivity index (χ2n) is 5.93. The van der Waals surface area contributed by atoms with Crippen LogP contribution in [0, 0.1) is 0 Å². The van der Waals surface area contributed by atoms with E-state index < -0.39 is 0 Å². The van der Waals surface area contributed by atoms with Crippen molar-refractivity contribution in [3.05, 3.63) is 64.5 Å². The Morgan fingerprint density at radius 2 is 1.83 bits per heavy atom. The van der Waals surface area contributed by atoms with Crippen LogP contribution in [-0.2, 0) is 20.7 Å². The third kappa shape index (κ3) is 6.04. The molecule has 3 rings (SSSR count). The minimum absolute atomic E-state index is 0.0902. The van der Waals surface area contributed by atoms with Crippen molar-refractivity contribution >= 4 is 39.9 Å². The summed E-state index contributed by atoms with van der Waals surface area (Å²) in [6.45, 7) is 1.90. The van der Waals surface area contributed by atoms with Crippen molar-refractivity contribution < 1.29 is 19.1 Å². The van der Waals surface area contributed by atoms with Crippen LogP contribution < -0.4 is 10.1 Å². The van der Waals surface area contributed by atoms with Crippen molar-refractivity contribution in [3.63, 3.8) is 0 Å². The van der Waals surface area contributed by atoms with Crippen LogP contribution >= 0.6 is 22.9 Å². The first-order chi connectivity index (χ1) is 14.0. The van der Waals surface area contributed by atoms with Crippen molar-refractivity contribution in [1.82, 2.24) is 4.98 Å². The molecule has 0 saturated heterocycles. The quantitative estimate of drug-likeness (QED) is 0.529. The molecule has 0 aliphatic rings. The van der Waals surface area contributed by atoms with Gasteiger partial charge in [0.1, 0.15) is 5.75 Å². The largest absolute Gasteiger partial charge is 0.484 e. The first kappa shape index (κ1) is 20.8. The molecule has 8 heteroatoms. The average molecular weight is 431 g/mol. The number of aromatic nitrogens is 1. The van der Waals surface area contributed by atoms with Gasteiger partial charge in [-0.05, 0) is 31.2 Å². The SMILES string of the molecule is CCOC(=O)Cc1sc(NC(=O)COc2ccc(Cl)cc2)nc1-c1ccccc1. The number of thiazole rings is 1. The zero-order valence-electron chi connectivity index (χ0n) is 15.7. The van der Waals surface area contributed by atoms with Gasteiger partial charge in [0.25, 0.3) is 5.91 Å². The van der Waals surface area contributed by atoms with Gasteiger partial charge in [0.15, 0.2) is 11.7 Å². The van der Waals surface area contributed by atoms with E-state index in [1.165, 1.54) is 11.3 Å². The van der Waals surface area contributed by atoms with Gasteiger partial charge in [-0.15, -0.1) is 11.3 Å². The number of hydrogen-bond donors (Lipinski definition) is 1. The summed E-state index contributed by atoms with van der Waals surface area (Å²) in [6.07, 6.45) is 0.0902. The molecule has 6 nitrogen and oxygen atoms in total. The number of anilines is 1. The molecule has 0 aliphatic carbocycles. The minimum Gasteiger partial charge on any atom is -0.484 e. The molecule has 150 valence electrons. The van der Waals surface area contributed by atoms with E-state index >= 15 is 0 Å². The van der Waals surface area contributed by atoms with Crippen LogP contribution in [0.2, 0.25) is 5.02 Å². The van der Waals surface area contributed by atoms with Gasteiger partial charge in [0, 0.05) is 15.5 Å². The summed E-state index contributed by atoms with van der Waals surface area (Å²) >= 11 is 7.07. The van der Waals surface area contributed by atoms with E-state index in [1.807, 2.05) is 30.3 Å². The number of benzene rings is 2. The number of amides is 1. The van der Waals surface area contributed by atoms with Crippen molar-refractivity contribution in [3.8, 4) is 17.0 Å². The third-order valence-electron chi connectivity index (χ3n) is 3.78. The van der Waals surface area contributed by atoms with Crippen LogP contribution in [0.3, 0.4) is 0 Å². The topological polar surface area (TPSA) is 77.5 Å². The molecule has 1 aromatic heterocycles. The van der Waals surface area contributed by atoms with Crippen LogP contribution in [0.15, 0.2) is 54.6 Å². The maximum Gasteiger partial charge on any atom is 0.311 e. The number of nitrogens with one attached hydrogen (secondary N) is 1. The summed E-state index contributed by atoms with van der Waals surface area (Å²) < 4.78 is 10.5. The number of carbonyl (C=O) groups is 2. The highest BCUT2D eigenvalue weighted by Crippen LogP contribution is 2.31. The van der Waals surface area contributed by atoms with Gasteiger partial charge in [-0.3, -0.25) is 14.9 Å². The van der Waals surface area contributed by atoms with E-state index in [2.05, 4.69) is 10.3 Å². The number of ether oxygens (including phenoxy) is 2. The van der Waals surface area contributed by atoms with Crippen molar-refractivity contribution in [1.29, 1.82) is 0 Å². The Morgan fingerprint density at radius 3 is 2.52 bits per heavy atom. The maximum atomic E-state index is 12.2. The van der Waals surface area contributed by atoms with E-state index in [-0.39, 0.29) is 24.9 Å². The summed E-state index contributed by atoms with van der Waals surface area (Å²) in [5.41, 5.74) is 1.51. The predicted octanol–water partition coefficient (Wildman–Crippen LogP) is 4.59. The Kier molecular flexibility index (Phi) is 7.21. The molecule has 1 amide bonds. The highest BCUT2D eigenvalue weighted by atomic mass is 35.5. The molecule has 3 aromatic rings. The molecule has 1 heterocycles. The van der Waals surface area contributed by atoms with Gasteiger partial charge in [-0.1, -0.05) is 41.9 Å². The second kappa shape index (κ2) is 10.0. The molecular formula is C21H19ClN2O4S. The van der Waals surface area contributed by atoms with Crippen LogP contribution in [0.4, 0.5) is 5.13 Å². The van der Waals surface area contributed by atoms with E-state index in [0.717, 1.165) is 10.4 Å². The first-order valence-corrected chi connectivity index (χ1v) is 10.1.